The quantitative estimate of drug-likeness (QED) is 0.291. The molecule has 186 valence electrons. The summed E-state index contributed by atoms with van der Waals surface area (Å²) in [4.78, 5) is 42.4. The summed E-state index contributed by atoms with van der Waals surface area (Å²) in [7, 11) is 1.17. The number of alkyl halides is 3. The van der Waals surface area contributed by atoms with Crippen molar-refractivity contribution >= 4 is 23.5 Å². The van der Waals surface area contributed by atoms with Crippen LogP contribution in [-0.4, -0.2) is 46.0 Å². The normalized spacial score (nSPS) is 10.9. The Kier molecular flexibility index (Phi) is 7.73. The predicted molar refractivity (Wildman–Crippen MR) is 121 cm³/mol. The Bertz CT molecular complexity index is 1310. The molecule has 36 heavy (non-hydrogen) atoms. The lowest BCUT2D eigenvalue weighted by Crippen LogP contribution is -2.49. The minimum absolute atomic E-state index is 0.00747. The van der Waals surface area contributed by atoms with Gasteiger partial charge in [0, 0.05) is 25.1 Å². The highest BCUT2D eigenvalue weighted by molar-refractivity contribution is 6.06. The van der Waals surface area contributed by atoms with Gasteiger partial charge in [0.05, 0.1) is 29.5 Å². The molecule has 3 rings (SSSR count). The molecule has 0 aliphatic heterocycles. The molecule has 0 saturated heterocycles. The number of carbonyl (C=O) groups is 3. The number of ether oxygens (including phenoxy) is 1. The second-order valence-electron chi connectivity index (χ2n) is 7.34. The molecule has 2 aromatic carbocycles. The second kappa shape index (κ2) is 10.7. The van der Waals surface area contributed by atoms with Crippen LogP contribution >= 0.6 is 0 Å². The molecular formula is C24H20F3N5O4. The van der Waals surface area contributed by atoms with Gasteiger partial charge in [-0.3, -0.25) is 19.0 Å². The van der Waals surface area contributed by atoms with Crippen molar-refractivity contribution in [1.29, 1.82) is 5.26 Å². The van der Waals surface area contributed by atoms with E-state index < -0.39 is 35.9 Å². The number of nitriles is 1. The van der Waals surface area contributed by atoms with Gasteiger partial charge < -0.3 is 4.74 Å². The fourth-order valence-electron chi connectivity index (χ4n) is 3.31. The van der Waals surface area contributed by atoms with Crippen molar-refractivity contribution in [2.45, 2.75) is 19.5 Å². The molecule has 0 saturated carbocycles. The zero-order valence-electron chi connectivity index (χ0n) is 19.2. The van der Waals surface area contributed by atoms with Gasteiger partial charge in [-0.2, -0.15) is 18.4 Å². The van der Waals surface area contributed by atoms with Crippen LogP contribution in [0.1, 0.15) is 35.1 Å². The van der Waals surface area contributed by atoms with Crippen LogP contribution < -0.4 is 5.01 Å². The van der Waals surface area contributed by atoms with Crippen molar-refractivity contribution in [2.75, 3.05) is 18.7 Å². The summed E-state index contributed by atoms with van der Waals surface area (Å²) >= 11 is 0. The molecule has 0 unspecified atom stereocenters. The van der Waals surface area contributed by atoms with Gasteiger partial charge in [-0.05, 0) is 49.4 Å². The van der Waals surface area contributed by atoms with Gasteiger partial charge in [-0.25, -0.2) is 15.0 Å². The lowest BCUT2D eigenvalue weighted by atomic mass is 10.2. The number of amides is 2. The average Bonchev–Trinajstić information content (AvgIpc) is 3.33. The summed E-state index contributed by atoms with van der Waals surface area (Å²) in [6.07, 6.45) is -2.72. The Hall–Kier alpha value is -4.66. The summed E-state index contributed by atoms with van der Waals surface area (Å²) in [5, 5.41) is 10.4. The van der Waals surface area contributed by atoms with Gasteiger partial charge in [0.25, 0.3) is 5.91 Å². The number of esters is 1. The first-order chi connectivity index (χ1) is 17.1. The van der Waals surface area contributed by atoms with E-state index in [9.17, 15) is 27.6 Å². The van der Waals surface area contributed by atoms with Gasteiger partial charge in [0.1, 0.15) is 6.42 Å². The highest BCUT2D eigenvalue weighted by Crippen LogP contribution is 2.32. The van der Waals surface area contributed by atoms with Crippen molar-refractivity contribution < 1.29 is 32.3 Å². The third kappa shape index (κ3) is 5.69. The van der Waals surface area contributed by atoms with Crippen LogP contribution in [-0.2, 0) is 20.5 Å². The second-order valence-corrected chi connectivity index (χ2v) is 7.34. The molecule has 0 N–H and O–H groups in total. The van der Waals surface area contributed by atoms with Crippen molar-refractivity contribution in [1.82, 2.24) is 14.6 Å². The number of hydrazine groups is 1. The van der Waals surface area contributed by atoms with E-state index in [0.717, 1.165) is 17.1 Å². The van der Waals surface area contributed by atoms with Gasteiger partial charge in [0.15, 0.2) is 0 Å². The number of hydrogen-bond donors (Lipinski definition) is 0. The molecule has 0 radical (unpaired) electrons. The first kappa shape index (κ1) is 26.0. The molecule has 0 fully saturated rings. The number of hydrogen-bond acceptors (Lipinski definition) is 6. The smallest absolute Gasteiger partial charge is 0.416 e. The third-order valence-electron chi connectivity index (χ3n) is 4.96. The monoisotopic (exact) mass is 499 g/mol. The van der Waals surface area contributed by atoms with Crippen molar-refractivity contribution in [3.63, 3.8) is 0 Å². The van der Waals surface area contributed by atoms with E-state index in [1.165, 1.54) is 49.1 Å². The Labute approximate surface area is 203 Å². The van der Waals surface area contributed by atoms with Gasteiger partial charge in [-0.1, -0.05) is 6.07 Å². The number of anilines is 1. The van der Waals surface area contributed by atoms with Crippen LogP contribution in [0, 0.1) is 11.3 Å². The lowest BCUT2D eigenvalue weighted by molar-refractivity contribution is -0.146. The number of imidazole rings is 1. The molecule has 2 amide bonds. The molecule has 0 aliphatic carbocycles. The predicted octanol–water partition coefficient (Wildman–Crippen LogP) is 3.74. The standard InChI is InChI=1S/C24H20F3N5O4/c1-3-36-21(34)14-20(33)32(19-6-4-5-17(13-19)24(25,26)27)30(2)23(35)22-29-11-12-31(22)18-9-7-16(15-28)8-10-18/h4-13H,3,14H2,1-2H3. The van der Waals surface area contributed by atoms with Gasteiger partial charge in [-0.15, -0.1) is 0 Å². The van der Waals surface area contributed by atoms with E-state index in [2.05, 4.69) is 4.98 Å². The largest absolute Gasteiger partial charge is 0.466 e. The van der Waals surface area contributed by atoms with Crippen LogP contribution in [0.5, 0.6) is 0 Å². The summed E-state index contributed by atoms with van der Waals surface area (Å²) in [5.41, 5.74) is -0.462. The molecule has 9 nitrogen and oxygen atoms in total. The number of benzene rings is 2. The Morgan fingerprint density at radius 1 is 1.14 bits per heavy atom. The summed E-state index contributed by atoms with van der Waals surface area (Å²) in [5.74, 6) is -2.90. The zero-order valence-corrected chi connectivity index (χ0v) is 19.2. The average molecular weight is 499 g/mol. The molecule has 0 atom stereocenters. The number of rotatable bonds is 6. The number of aromatic nitrogens is 2. The van der Waals surface area contributed by atoms with Crippen LogP contribution in [0.3, 0.4) is 0 Å². The molecule has 3 aromatic rings. The molecule has 0 bridgehead atoms. The lowest BCUT2D eigenvalue weighted by Gasteiger charge is -2.32. The molecule has 0 aliphatic rings. The van der Waals surface area contributed by atoms with E-state index >= 15 is 0 Å². The first-order valence-corrected chi connectivity index (χ1v) is 10.5. The van der Waals surface area contributed by atoms with Gasteiger partial charge >= 0.3 is 18.1 Å². The maximum Gasteiger partial charge on any atom is 0.416 e. The van der Waals surface area contributed by atoms with Crippen LogP contribution in [0.2, 0.25) is 0 Å². The first-order valence-electron chi connectivity index (χ1n) is 10.5. The summed E-state index contributed by atoms with van der Waals surface area (Å²) < 4.78 is 46.2. The van der Waals surface area contributed by atoms with Crippen molar-refractivity contribution in [2.24, 2.45) is 0 Å². The van der Waals surface area contributed by atoms with E-state index in [1.807, 2.05) is 6.07 Å². The van der Waals surface area contributed by atoms with E-state index in [-0.39, 0.29) is 18.1 Å². The summed E-state index contributed by atoms with van der Waals surface area (Å²) in [6.45, 7) is 1.53. The molecular weight excluding hydrogens is 479 g/mol. The van der Waals surface area contributed by atoms with Crippen LogP contribution in [0.4, 0.5) is 18.9 Å². The van der Waals surface area contributed by atoms with E-state index in [0.29, 0.717) is 22.3 Å². The minimum atomic E-state index is -4.71. The molecule has 12 heteroatoms. The van der Waals surface area contributed by atoms with Crippen LogP contribution in [0.25, 0.3) is 5.69 Å². The number of halogens is 3. The Morgan fingerprint density at radius 2 is 1.83 bits per heavy atom. The Balaban J connectivity index is 2.02. The van der Waals surface area contributed by atoms with Crippen LogP contribution in [0.15, 0.2) is 60.9 Å². The SMILES string of the molecule is CCOC(=O)CC(=O)N(c1cccc(C(F)(F)F)c1)N(C)C(=O)c1nccn1-c1ccc(C#N)cc1. The fraction of sp³-hybridized carbons (Fsp3) is 0.208. The number of nitrogens with zero attached hydrogens (tertiary/aromatic N) is 5. The fourth-order valence-corrected chi connectivity index (χ4v) is 3.31. The number of carbonyl (C=O) groups excluding carboxylic acids is 3. The third-order valence-corrected chi connectivity index (χ3v) is 4.96. The summed E-state index contributed by atoms with van der Waals surface area (Å²) in [6, 6.07) is 12.0. The highest BCUT2D eigenvalue weighted by atomic mass is 19.4. The van der Waals surface area contributed by atoms with E-state index in [1.54, 1.807) is 12.1 Å². The highest BCUT2D eigenvalue weighted by Gasteiger charge is 2.34. The van der Waals surface area contributed by atoms with E-state index in [4.69, 9.17) is 10.00 Å². The van der Waals surface area contributed by atoms with Crippen molar-refractivity contribution in [3.8, 4) is 11.8 Å². The maximum atomic E-state index is 13.4. The zero-order chi connectivity index (χ0) is 26.5. The molecule has 0 spiro atoms. The van der Waals surface area contributed by atoms with Gasteiger partial charge in [0.2, 0.25) is 5.82 Å². The maximum absolute atomic E-state index is 13.4. The van der Waals surface area contributed by atoms with Crippen molar-refractivity contribution in [3.05, 3.63) is 77.9 Å². The topological polar surface area (TPSA) is 109 Å². The molecule has 1 aromatic heterocycles. The Morgan fingerprint density at radius 3 is 2.44 bits per heavy atom. The minimum Gasteiger partial charge on any atom is -0.466 e. The molecule has 1 heterocycles.